The molecule has 0 atom stereocenters. The maximum absolute atomic E-state index is 12.7. The molecular formula is C14H20FN3O. The van der Waals surface area contributed by atoms with Crippen LogP contribution in [0.2, 0.25) is 0 Å². The number of anilines is 1. The second-order valence-corrected chi connectivity index (χ2v) is 5.07. The Bertz CT molecular complexity index is 446. The minimum Gasteiger partial charge on any atom is -0.355 e. The maximum Gasteiger partial charge on any atom is 0.219 e. The number of amides is 1. The van der Waals surface area contributed by atoms with Gasteiger partial charge < -0.3 is 9.80 Å². The molecule has 1 spiro atoms. The lowest BCUT2D eigenvalue weighted by Crippen LogP contribution is -2.73. The highest BCUT2D eigenvalue weighted by Crippen LogP contribution is 2.41. The Kier molecular flexibility index (Phi) is 3.73. The largest absolute Gasteiger partial charge is 0.355 e. The van der Waals surface area contributed by atoms with E-state index in [-0.39, 0.29) is 17.1 Å². The molecule has 0 unspecified atom stereocenters. The first-order valence-corrected chi connectivity index (χ1v) is 6.70. The van der Waals surface area contributed by atoms with Crippen LogP contribution in [-0.2, 0) is 4.79 Å². The zero-order chi connectivity index (χ0) is 14.0. The normalized spacial score (nSPS) is 19.2. The highest BCUT2D eigenvalue weighted by atomic mass is 19.1. The first-order valence-electron chi connectivity index (χ1n) is 6.70. The summed E-state index contributed by atoms with van der Waals surface area (Å²) in [7, 11) is 0. The van der Waals surface area contributed by atoms with Crippen molar-refractivity contribution in [2.75, 3.05) is 31.1 Å². The fraction of sp³-hybridized carbons (Fsp3) is 0.571. The van der Waals surface area contributed by atoms with E-state index in [0.717, 1.165) is 32.0 Å². The molecule has 1 amide bonds. The van der Waals surface area contributed by atoms with Gasteiger partial charge in [-0.1, -0.05) is 13.8 Å². The van der Waals surface area contributed by atoms with Crippen LogP contribution in [0.1, 0.15) is 20.8 Å². The smallest absolute Gasteiger partial charge is 0.219 e. The van der Waals surface area contributed by atoms with Crippen LogP contribution in [0.15, 0.2) is 18.3 Å². The monoisotopic (exact) mass is 265 g/mol. The summed E-state index contributed by atoms with van der Waals surface area (Å²) < 4.78 is 12.7. The fourth-order valence-electron chi connectivity index (χ4n) is 2.67. The first kappa shape index (κ1) is 13.8. The average molecular weight is 265 g/mol. The molecule has 2 aliphatic heterocycles. The molecule has 1 aromatic heterocycles. The summed E-state index contributed by atoms with van der Waals surface area (Å²) in [6.45, 7) is 9.12. The molecule has 0 aromatic carbocycles. The van der Waals surface area contributed by atoms with Crippen LogP contribution in [-0.4, -0.2) is 42.0 Å². The molecule has 4 nitrogen and oxygen atoms in total. The topological polar surface area (TPSA) is 36.4 Å². The summed E-state index contributed by atoms with van der Waals surface area (Å²) in [6.07, 6.45) is 1.24. The van der Waals surface area contributed by atoms with Crippen molar-refractivity contribution in [1.82, 2.24) is 9.88 Å². The van der Waals surface area contributed by atoms with Gasteiger partial charge in [0.15, 0.2) is 0 Å². The third-order valence-corrected chi connectivity index (χ3v) is 3.59. The van der Waals surface area contributed by atoms with Gasteiger partial charge in [0.25, 0.3) is 0 Å². The van der Waals surface area contributed by atoms with E-state index in [9.17, 15) is 9.18 Å². The van der Waals surface area contributed by atoms with Crippen LogP contribution in [0.5, 0.6) is 0 Å². The Morgan fingerprint density at radius 2 is 1.89 bits per heavy atom. The molecule has 0 saturated carbocycles. The number of carbonyl (C=O) groups excluding carboxylic acids is 1. The van der Waals surface area contributed by atoms with Crippen molar-refractivity contribution in [3.05, 3.63) is 24.1 Å². The Morgan fingerprint density at radius 1 is 1.26 bits per heavy atom. The molecule has 0 bridgehead atoms. The Morgan fingerprint density at radius 3 is 2.37 bits per heavy atom. The van der Waals surface area contributed by atoms with Crippen LogP contribution < -0.4 is 4.90 Å². The Labute approximate surface area is 113 Å². The summed E-state index contributed by atoms with van der Waals surface area (Å²) in [4.78, 5) is 19.1. The zero-order valence-electron chi connectivity index (χ0n) is 11.7. The van der Waals surface area contributed by atoms with E-state index >= 15 is 0 Å². The molecule has 3 heterocycles. The first-order chi connectivity index (χ1) is 9.08. The number of halogens is 1. The lowest BCUT2D eigenvalue weighted by molar-refractivity contribution is -0.142. The molecule has 3 rings (SSSR count). The number of pyridine rings is 1. The molecule has 2 aliphatic rings. The van der Waals surface area contributed by atoms with E-state index in [2.05, 4.69) is 9.88 Å². The Balaban J connectivity index is 0.000000637. The van der Waals surface area contributed by atoms with Gasteiger partial charge >= 0.3 is 0 Å². The summed E-state index contributed by atoms with van der Waals surface area (Å²) in [6, 6.07) is 3.12. The Hall–Kier alpha value is -1.65. The van der Waals surface area contributed by atoms with Gasteiger partial charge in [0.1, 0.15) is 11.6 Å². The van der Waals surface area contributed by atoms with Gasteiger partial charge in [0.05, 0.1) is 6.20 Å². The summed E-state index contributed by atoms with van der Waals surface area (Å²) >= 11 is 0. The van der Waals surface area contributed by atoms with Gasteiger partial charge in [-0.3, -0.25) is 4.79 Å². The lowest BCUT2D eigenvalue weighted by Gasteiger charge is -2.60. The van der Waals surface area contributed by atoms with Gasteiger partial charge in [0, 0.05) is 38.5 Å². The molecule has 0 N–H and O–H groups in total. The van der Waals surface area contributed by atoms with Crippen molar-refractivity contribution in [2.45, 2.75) is 20.8 Å². The van der Waals surface area contributed by atoms with Gasteiger partial charge in [-0.25, -0.2) is 9.37 Å². The molecule has 2 saturated heterocycles. The van der Waals surface area contributed by atoms with Crippen LogP contribution in [0.25, 0.3) is 0 Å². The lowest BCUT2D eigenvalue weighted by atomic mass is 9.73. The number of carbonyl (C=O) groups is 1. The van der Waals surface area contributed by atoms with Gasteiger partial charge in [-0.05, 0) is 12.1 Å². The van der Waals surface area contributed by atoms with Crippen molar-refractivity contribution in [1.29, 1.82) is 0 Å². The molecular weight excluding hydrogens is 245 g/mol. The zero-order valence-corrected chi connectivity index (χ0v) is 11.7. The predicted octanol–water partition coefficient (Wildman–Crippen LogP) is 1.92. The molecule has 5 heteroatoms. The third-order valence-electron chi connectivity index (χ3n) is 3.59. The second kappa shape index (κ2) is 5.15. The van der Waals surface area contributed by atoms with Crippen molar-refractivity contribution < 1.29 is 9.18 Å². The minimum atomic E-state index is -0.310. The molecule has 19 heavy (non-hydrogen) atoms. The summed E-state index contributed by atoms with van der Waals surface area (Å²) in [5, 5.41) is 0. The molecule has 0 aliphatic carbocycles. The van der Waals surface area contributed by atoms with Crippen LogP contribution in [0.3, 0.4) is 0 Å². The number of nitrogens with zero attached hydrogens (tertiary/aromatic N) is 3. The van der Waals surface area contributed by atoms with E-state index in [1.54, 1.807) is 13.0 Å². The summed E-state index contributed by atoms with van der Waals surface area (Å²) in [5.74, 6) is 0.655. The average Bonchev–Trinajstić information content (AvgIpc) is 2.30. The van der Waals surface area contributed by atoms with Crippen LogP contribution in [0.4, 0.5) is 10.2 Å². The standard InChI is InChI=1S/C12H14FN3O.C2H6/c1-9(17)15-5-12(6-15)7-16(8-12)11-3-2-10(13)4-14-11;1-2/h2-4H,5-8H2,1H3;1-2H3. The highest BCUT2D eigenvalue weighted by molar-refractivity contribution is 5.74. The van der Waals surface area contributed by atoms with Crippen LogP contribution in [0, 0.1) is 11.2 Å². The molecule has 1 aromatic rings. The SMILES string of the molecule is CC.CC(=O)N1CC2(C1)CN(c1ccc(F)cn1)C2. The van der Waals surface area contributed by atoms with Crippen molar-refractivity contribution in [2.24, 2.45) is 5.41 Å². The predicted molar refractivity (Wildman–Crippen MR) is 72.4 cm³/mol. The van der Waals surface area contributed by atoms with E-state index in [4.69, 9.17) is 0 Å². The summed E-state index contributed by atoms with van der Waals surface area (Å²) in [5.41, 5.74) is 0.266. The van der Waals surface area contributed by atoms with E-state index < -0.39 is 0 Å². The maximum atomic E-state index is 12.7. The molecule has 104 valence electrons. The number of hydrogen-bond acceptors (Lipinski definition) is 3. The number of rotatable bonds is 1. The van der Waals surface area contributed by atoms with E-state index in [1.165, 1.54) is 12.3 Å². The fourth-order valence-corrected chi connectivity index (χ4v) is 2.67. The van der Waals surface area contributed by atoms with Crippen molar-refractivity contribution in [3.8, 4) is 0 Å². The third kappa shape index (κ3) is 2.55. The van der Waals surface area contributed by atoms with E-state index in [0.29, 0.717) is 0 Å². The molecule has 0 radical (unpaired) electrons. The van der Waals surface area contributed by atoms with E-state index in [1.807, 2.05) is 18.7 Å². The second-order valence-electron chi connectivity index (χ2n) is 5.07. The van der Waals surface area contributed by atoms with Crippen molar-refractivity contribution in [3.63, 3.8) is 0 Å². The quantitative estimate of drug-likeness (QED) is 0.778. The number of aromatic nitrogens is 1. The highest BCUT2D eigenvalue weighted by Gasteiger charge is 2.52. The van der Waals surface area contributed by atoms with Crippen molar-refractivity contribution >= 4 is 11.7 Å². The van der Waals surface area contributed by atoms with Crippen LogP contribution >= 0.6 is 0 Å². The van der Waals surface area contributed by atoms with Gasteiger partial charge in [0.2, 0.25) is 5.91 Å². The number of hydrogen-bond donors (Lipinski definition) is 0. The minimum absolute atomic E-state index is 0.147. The molecule has 2 fully saturated rings. The number of likely N-dealkylation sites (tertiary alicyclic amines) is 1. The van der Waals surface area contributed by atoms with Gasteiger partial charge in [-0.15, -0.1) is 0 Å². The van der Waals surface area contributed by atoms with Gasteiger partial charge in [-0.2, -0.15) is 0 Å².